The van der Waals surface area contributed by atoms with Crippen molar-refractivity contribution < 1.29 is 0 Å². The fourth-order valence-electron chi connectivity index (χ4n) is 1.56. The van der Waals surface area contributed by atoms with Crippen molar-refractivity contribution in [3.63, 3.8) is 0 Å². The smallest absolute Gasteiger partial charge is 0.0420 e. The van der Waals surface area contributed by atoms with Crippen LogP contribution in [0.15, 0.2) is 40.3 Å². The van der Waals surface area contributed by atoms with Gasteiger partial charge in [0.05, 0.1) is 0 Å². The van der Waals surface area contributed by atoms with Crippen LogP contribution in [0.1, 0.15) is 10.6 Å². The van der Waals surface area contributed by atoms with Crippen molar-refractivity contribution in [2.45, 2.75) is 18.9 Å². The van der Waals surface area contributed by atoms with E-state index in [1.165, 1.54) is 4.88 Å². The highest BCUT2D eigenvalue weighted by atomic mass is 79.9. The van der Waals surface area contributed by atoms with Gasteiger partial charge in [-0.15, -0.1) is 11.3 Å². The maximum atomic E-state index is 6.09. The first-order valence-electron chi connectivity index (χ1n) is 5.12. The van der Waals surface area contributed by atoms with Gasteiger partial charge in [-0.2, -0.15) is 0 Å². The van der Waals surface area contributed by atoms with Gasteiger partial charge in [0.15, 0.2) is 0 Å². The van der Waals surface area contributed by atoms with Crippen molar-refractivity contribution in [1.29, 1.82) is 0 Å². The maximum absolute atomic E-state index is 6.09. The van der Waals surface area contributed by atoms with Crippen molar-refractivity contribution in [3.05, 3.63) is 50.9 Å². The van der Waals surface area contributed by atoms with Gasteiger partial charge in [-0.05, 0) is 45.9 Å². The summed E-state index contributed by atoms with van der Waals surface area (Å²) in [5.41, 5.74) is 7.14. The molecule has 2 heterocycles. The first kappa shape index (κ1) is 11.8. The molecule has 0 aliphatic carbocycles. The van der Waals surface area contributed by atoms with Gasteiger partial charge in [0, 0.05) is 33.7 Å². The van der Waals surface area contributed by atoms with Crippen molar-refractivity contribution in [1.82, 2.24) is 4.98 Å². The van der Waals surface area contributed by atoms with Crippen LogP contribution in [-0.2, 0) is 12.8 Å². The average molecular weight is 297 g/mol. The highest BCUT2D eigenvalue weighted by Crippen LogP contribution is 2.13. The summed E-state index contributed by atoms with van der Waals surface area (Å²) in [6.07, 6.45) is 3.56. The summed E-state index contributed by atoms with van der Waals surface area (Å²) in [6, 6.07) is 8.34. The molecule has 2 aromatic heterocycles. The average Bonchev–Trinajstić information content (AvgIpc) is 2.74. The predicted molar refractivity (Wildman–Crippen MR) is 71.6 cm³/mol. The molecule has 1 atom stereocenters. The van der Waals surface area contributed by atoms with Crippen LogP contribution in [0, 0.1) is 0 Å². The number of rotatable bonds is 4. The van der Waals surface area contributed by atoms with Gasteiger partial charge < -0.3 is 5.73 Å². The Hall–Kier alpha value is -0.710. The van der Waals surface area contributed by atoms with Crippen LogP contribution >= 0.6 is 27.3 Å². The molecule has 2 nitrogen and oxygen atoms in total. The second-order valence-corrected chi connectivity index (χ2v) is 5.66. The first-order valence-corrected chi connectivity index (χ1v) is 6.79. The highest BCUT2D eigenvalue weighted by molar-refractivity contribution is 9.10. The van der Waals surface area contributed by atoms with Gasteiger partial charge in [0.1, 0.15) is 0 Å². The number of nitrogens with two attached hydrogens (primary N) is 1. The number of pyridine rings is 1. The van der Waals surface area contributed by atoms with E-state index in [0.717, 1.165) is 23.0 Å². The van der Waals surface area contributed by atoms with Crippen molar-refractivity contribution in [2.75, 3.05) is 0 Å². The molecule has 0 aliphatic rings. The summed E-state index contributed by atoms with van der Waals surface area (Å²) in [6.45, 7) is 0. The molecule has 0 saturated carbocycles. The Morgan fingerprint density at radius 1 is 1.31 bits per heavy atom. The lowest BCUT2D eigenvalue weighted by Gasteiger charge is -2.09. The Bertz CT molecular complexity index is 425. The molecule has 0 radical (unpaired) electrons. The third-order valence-electron chi connectivity index (χ3n) is 2.30. The molecular formula is C12H13BrN2S. The minimum absolute atomic E-state index is 0.146. The van der Waals surface area contributed by atoms with Crippen LogP contribution in [0.4, 0.5) is 0 Å². The zero-order chi connectivity index (χ0) is 11.4. The molecule has 0 bridgehead atoms. The van der Waals surface area contributed by atoms with Crippen LogP contribution in [0.2, 0.25) is 0 Å². The van der Waals surface area contributed by atoms with Crippen LogP contribution < -0.4 is 5.73 Å². The molecule has 0 aromatic carbocycles. The van der Waals surface area contributed by atoms with Gasteiger partial charge >= 0.3 is 0 Å². The molecule has 84 valence electrons. The summed E-state index contributed by atoms with van der Waals surface area (Å²) in [5.74, 6) is 0. The lowest BCUT2D eigenvalue weighted by Crippen LogP contribution is -2.25. The van der Waals surface area contributed by atoms with Gasteiger partial charge in [-0.3, -0.25) is 4.98 Å². The molecule has 0 saturated heterocycles. The minimum atomic E-state index is 0.146. The molecule has 2 N–H and O–H groups in total. The van der Waals surface area contributed by atoms with E-state index in [0.29, 0.717) is 0 Å². The normalized spacial score (nSPS) is 12.6. The SMILES string of the molecule is NC(Cc1ccc(Br)cn1)Cc1cccs1. The number of hydrogen-bond acceptors (Lipinski definition) is 3. The second kappa shape index (κ2) is 5.57. The molecule has 0 spiro atoms. The molecule has 0 aliphatic heterocycles. The van der Waals surface area contributed by atoms with Crippen molar-refractivity contribution in [3.8, 4) is 0 Å². The number of nitrogens with zero attached hydrogens (tertiary/aromatic N) is 1. The maximum Gasteiger partial charge on any atom is 0.0420 e. The Kier molecular flexibility index (Phi) is 4.09. The predicted octanol–water partition coefficient (Wildman–Crippen LogP) is 3.02. The monoisotopic (exact) mass is 296 g/mol. The number of aromatic nitrogens is 1. The van der Waals surface area contributed by atoms with E-state index in [-0.39, 0.29) is 6.04 Å². The molecule has 2 rings (SSSR count). The van der Waals surface area contributed by atoms with E-state index >= 15 is 0 Å². The van der Waals surface area contributed by atoms with Crippen LogP contribution in [0.5, 0.6) is 0 Å². The van der Waals surface area contributed by atoms with Gasteiger partial charge in [0.25, 0.3) is 0 Å². The zero-order valence-corrected chi connectivity index (χ0v) is 11.2. The Morgan fingerprint density at radius 2 is 2.19 bits per heavy atom. The van der Waals surface area contributed by atoms with E-state index in [2.05, 4.69) is 38.4 Å². The Morgan fingerprint density at radius 3 is 2.81 bits per heavy atom. The second-order valence-electron chi connectivity index (χ2n) is 3.72. The van der Waals surface area contributed by atoms with E-state index in [4.69, 9.17) is 5.73 Å². The van der Waals surface area contributed by atoms with Crippen LogP contribution in [0.3, 0.4) is 0 Å². The largest absolute Gasteiger partial charge is 0.327 e. The first-order chi connectivity index (χ1) is 7.74. The standard InChI is InChI=1S/C12H13BrN2S/c13-9-3-4-11(15-8-9)6-10(14)7-12-2-1-5-16-12/h1-5,8,10H,6-7,14H2. The van der Waals surface area contributed by atoms with Gasteiger partial charge in [0.2, 0.25) is 0 Å². The number of thiophene rings is 1. The van der Waals surface area contributed by atoms with Crippen LogP contribution in [0.25, 0.3) is 0 Å². The Balaban J connectivity index is 1.92. The quantitative estimate of drug-likeness (QED) is 0.942. The summed E-state index contributed by atoms with van der Waals surface area (Å²) in [4.78, 5) is 5.66. The van der Waals surface area contributed by atoms with Crippen LogP contribution in [-0.4, -0.2) is 11.0 Å². The summed E-state index contributed by atoms with van der Waals surface area (Å²) in [7, 11) is 0. The van der Waals surface area contributed by atoms with Crippen molar-refractivity contribution >= 4 is 27.3 Å². The lowest BCUT2D eigenvalue weighted by molar-refractivity contribution is 0.659. The highest BCUT2D eigenvalue weighted by Gasteiger charge is 2.06. The summed E-state index contributed by atoms with van der Waals surface area (Å²) >= 11 is 5.12. The lowest BCUT2D eigenvalue weighted by atomic mass is 10.1. The fraction of sp³-hybridized carbons (Fsp3) is 0.250. The summed E-state index contributed by atoms with van der Waals surface area (Å²) < 4.78 is 1.00. The van der Waals surface area contributed by atoms with E-state index in [9.17, 15) is 0 Å². The van der Waals surface area contributed by atoms with E-state index < -0.39 is 0 Å². The van der Waals surface area contributed by atoms with Gasteiger partial charge in [-0.25, -0.2) is 0 Å². The van der Waals surface area contributed by atoms with Gasteiger partial charge in [-0.1, -0.05) is 6.07 Å². The molecule has 2 aromatic rings. The number of hydrogen-bond donors (Lipinski definition) is 1. The number of halogens is 1. The molecule has 1 unspecified atom stereocenters. The Labute approximate surface area is 108 Å². The molecule has 4 heteroatoms. The van der Waals surface area contributed by atoms with Crippen molar-refractivity contribution in [2.24, 2.45) is 5.73 Å². The minimum Gasteiger partial charge on any atom is -0.327 e. The van der Waals surface area contributed by atoms with E-state index in [1.807, 2.05) is 18.3 Å². The third-order valence-corrected chi connectivity index (χ3v) is 3.67. The zero-order valence-electron chi connectivity index (χ0n) is 8.77. The molecule has 16 heavy (non-hydrogen) atoms. The molecule has 0 amide bonds. The molecular weight excluding hydrogens is 284 g/mol. The fourth-order valence-corrected chi connectivity index (χ4v) is 2.59. The molecule has 0 fully saturated rings. The summed E-state index contributed by atoms with van der Waals surface area (Å²) in [5, 5.41) is 2.08. The topological polar surface area (TPSA) is 38.9 Å². The third kappa shape index (κ3) is 3.40. The van der Waals surface area contributed by atoms with E-state index in [1.54, 1.807) is 11.3 Å².